The molecule has 0 radical (unpaired) electrons. The van der Waals surface area contributed by atoms with Crippen molar-refractivity contribution in [2.75, 3.05) is 6.61 Å². The molecule has 0 saturated carbocycles. The molecule has 106 valence electrons. The Hall–Kier alpha value is -1.26. The molecule has 1 rings (SSSR count). The maximum atomic E-state index is 11.8. The number of aliphatic hydroxyl groups is 1. The lowest BCUT2D eigenvalue weighted by atomic mass is 9.93. The number of hydrogen-bond acceptors (Lipinski definition) is 3. The fourth-order valence-corrected chi connectivity index (χ4v) is 1.97. The number of ether oxygens (including phenoxy) is 1. The van der Waals surface area contributed by atoms with Crippen molar-refractivity contribution in [2.45, 2.75) is 38.8 Å². The SMILES string of the molecule is CC(C)(C)OC(=O)NC(C)(CO)c1ccccc1Cl. The molecule has 0 aliphatic rings. The molecule has 0 bridgehead atoms. The molecule has 1 aromatic carbocycles. The zero-order valence-electron chi connectivity index (χ0n) is 11.7. The molecular weight excluding hydrogens is 266 g/mol. The first-order valence-electron chi connectivity index (χ1n) is 6.05. The van der Waals surface area contributed by atoms with Crippen LogP contribution in [0.3, 0.4) is 0 Å². The summed E-state index contributed by atoms with van der Waals surface area (Å²) in [5.41, 5.74) is -0.938. The lowest BCUT2D eigenvalue weighted by molar-refractivity contribution is 0.0411. The summed E-state index contributed by atoms with van der Waals surface area (Å²) >= 11 is 6.10. The van der Waals surface area contributed by atoms with Crippen molar-refractivity contribution in [1.82, 2.24) is 5.32 Å². The first kappa shape index (κ1) is 15.8. The minimum atomic E-state index is -0.985. The van der Waals surface area contributed by atoms with Gasteiger partial charge in [0.15, 0.2) is 0 Å². The molecule has 1 aromatic rings. The summed E-state index contributed by atoms with van der Waals surface area (Å²) in [4.78, 5) is 11.8. The van der Waals surface area contributed by atoms with E-state index in [2.05, 4.69) is 5.32 Å². The zero-order chi connectivity index (χ0) is 14.7. The van der Waals surface area contributed by atoms with Crippen molar-refractivity contribution < 1.29 is 14.6 Å². The number of rotatable bonds is 3. The third-order valence-electron chi connectivity index (χ3n) is 2.56. The molecule has 0 saturated heterocycles. The third-order valence-corrected chi connectivity index (χ3v) is 2.89. The number of carbonyl (C=O) groups excluding carboxylic acids is 1. The molecule has 0 aliphatic heterocycles. The van der Waals surface area contributed by atoms with Gasteiger partial charge in [-0.05, 0) is 39.3 Å². The lowest BCUT2D eigenvalue weighted by Crippen LogP contribution is -2.48. The van der Waals surface area contributed by atoms with Gasteiger partial charge in [-0.15, -0.1) is 0 Å². The van der Waals surface area contributed by atoms with Crippen LogP contribution in [0.2, 0.25) is 5.02 Å². The minimum absolute atomic E-state index is 0.282. The van der Waals surface area contributed by atoms with E-state index in [4.69, 9.17) is 16.3 Å². The summed E-state index contributed by atoms with van der Waals surface area (Å²) < 4.78 is 5.19. The molecule has 0 fully saturated rings. The average molecular weight is 286 g/mol. The molecule has 1 amide bonds. The fraction of sp³-hybridized carbons (Fsp3) is 0.500. The largest absolute Gasteiger partial charge is 0.444 e. The summed E-state index contributed by atoms with van der Waals surface area (Å²) in [6.45, 7) is 6.74. The highest BCUT2D eigenvalue weighted by atomic mass is 35.5. The van der Waals surface area contributed by atoms with Gasteiger partial charge in [-0.1, -0.05) is 29.8 Å². The van der Waals surface area contributed by atoms with Gasteiger partial charge < -0.3 is 15.2 Å². The number of alkyl carbamates (subject to hydrolysis) is 1. The first-order valence-corrected chi connectivity index (χ1v) is 6.43. The van der Waals surface area contributed by atoms with E-state index in [-0.39, 0.29) is 6.61 Å². The quantitative estimate of drug-likeness (QED) is 0.897. The van der Waals surface area contributed by atoms with Crippen LogP contribution in [0.4, 0.5) is 4.79 Å². The zero-order valence-corrected chi connectivity index (χ0v) is 12.4. The molecule has 0 aromatic heterocycles. The Balaban J connectivity index is 2.94. The number of benzene rings is 1. The van der Waals surface area contributed by atoms with Gasteiger partial charge in [0.2, 0.25) is 0 Å². The summed E-state index contributed by atoms with van der Waals surface area (Å²) in [6, 6.07) is 7.06. The van der Waals surface area contributed by atoms with E-state index in [1.807, 2.05) is 0 Å². The number of amides is 1. The molecule has 1 unspecified atom stereocenters. The second-order valence-electron chi connectivity index (χ2n) is 5.60. The fourth-order valence-electron chi connectivity index (χ4n) is 1.63. The minimum Gasteiger partial charge on any atom is -0.444 e. The number of aliphatic hydroxyl groups excluding tert-OH is 1. The molecule has 1 atom stereocenters. The van der Waals surface area contributed by atoms with Gasteiger partial charge in [0, 0.05) is 5.02 Å². The van der Waals surface area contributed by atoms with E-state index < -0.39 is 17.2 Å². The third kappa shape index (κ3) is 4.40. The molecule has 0 aliphatic carbocycles. The van der Waals surface area contributed by atoms with Crippen LogP contribution in [0.25, 0.3) is 0 Å². The first-order chi connectivity index (χ1) is 8.68. The Morgan fingerprint density at radius 1 is 1.32 bits per heavy atom. The average Bonchev–Trinajstić information content (AvgIpc) is 2.26. The summed E-state index contributed by atoms with van der Waals surface area (Å²) in [7, 11) is 0. The van der Waals surface area contributed by atoms with Gasteiger partial charge in [-0.2, -0.15) is 0 Å². The Morgan fingerprint density at radius 3 is 2.37 bits per heavy atom. The maximum absolute atomic E-state index is 11.8. The highest BCUT2D eigenvalue weighted by Crippen LogP contribution is 2.27. The molecule has 0 spiro atoms. The molecular formula is C14H20ClNO3. The molecule has 19 heavy (non-hydrogen) atoms. The van der Waals surface area contributed by atoms with E-state index in [1.165, 1.54) is 0 Å². The van der Waals surface area contributed by atoms with Crippen molar-refractivity contribution >= 4 is 17.7 Å². The van der Waals surface area contributed by atoms with E-state index in [9.17, 15) is 9.90 Å². The van der Waals surface area contributed by atoms with Crippen LogP contribution < -0.4 is 5.32 Å². The monoisotopic (exact) mass is 285 g/mol. The van der Waals surface area contributed by atoms with Gasteiger partial charge >= 0.3 is 6.09 Å². The number of hydrogen-bond donors (Lipinski definition) is 2. The van der Waals surface area contributed by atoms with Crippen LogP contribution in [0, 0.1) is 0 Å². The van der Waals surface area contributed by atoms with E-state index in [0.29, 0.717) is 10.6 Å². The molecule has 4 nitrogen and oxygen atoms in total. The van der Waals surface area contributed by atoms with Crippen molar-refractivity contribution in [1.29, 1.82) is 0 Å². The summed E-state index contributed by atoms with van der Waals surface area (Å²) in [5.74, 6) is 0. The van der Waals surface area contributed by atoms with Crippen LogP contribution in [-0.2, 0) is 10.3 Å². The van der Waals surface area contributed by atoms with Gasteiger partial charge in [-0.25, -0.2) is 4.79 Å². The van der Waals surface area contributed by atoms with Crippen molar-refractivity contribution in [3.05, 3.63) is 34.9 Å². The van der Waals surface area contributed by atoms with E-state index >= 15 is 0 Å². The van der Waals surface area contributed by atoms with Crippen molar-refractivity contribution in [3.8, 4) is 0 Å². The smallest absolute Gasteiger partial charge is 0.408 e. The van der Waals surface area contributed by atoms with E-state index in [0.717, 1.165) is 0 Å². The maximum Gasteiger partial charge on any atom is 0.408 e. The highest BCUT2D eigenvalue weighted by Gasteiger charge is 2.31. The second kappa shape index (κ2) is 5.80. The predicted molar refractivity (Wildman–Crippen MR) is 75.3 cm³/mol. The van der Waals surface area contributed by atoms with E-state index in [1.54, 1.807) is 52.0 Å². The Kier molecular flexibility index (Phi) is 4.82. The lowest BCUT2D eigenvalue weighted by Gasteiger charge is -2.31. The standard InChI is InChI=1S/C14H20ClNO3/c1-13(2,3)19-12(18)16-14(4,9-17)10-7-5-6-8-11(10)15/h5-8,17H,9H2,1-4H3,(H,16,18). The topological polar surface area (TPSA) is 58.6 Å². The molecule has 2 N–H and O–H groups in total. The van der Waals surface area contributed by atoms with Crippen LogP contribution in [-0.4, -0.2) is 23.4 Å². The summed E-state index contributed by atoms with van der Waals surface area (Å²) in [6.07, 6.45) is -0.594. The van der Waals surface area contributed by atoms with Gasteiger partial charge in [0.1, 0.15) is 5.60 Å². The van der Waals surface area contributed by atoms with Crippen LogP contribution >= 0.6 is 11.6 Å². The highest BCUT2D eigenvalue weighted by molar-refractivity contribution is 6.31. The van der Waals surface area contributed by atoms with Gasteiger partial charge in [0.25, 0.3) is 0 Å². The van der Waals surface area contributed by atoms with Crippen LogP contribution in [0.5, 0.6) is 0 Å². The van der Waals surface area contributed by atoms with Gasteiger partial charge in [-0.3, -0.25) is 0 Å². The second-order valence-corrected chi connectivity index (χ2v) is 6.00. The predicted octanol–water partition coefficient (Wildman–Crippen LogP) is 3.07. The normalized spacial score (nSPS) is 14.6. The summed E-state index contributed by atoms with van der Waals surface area (Å²) in [5, 5.41) is 12.7. The number of halogens is 1. The Bertz CT molecular complexity index is 456. The van der Waals surface area contributed by atoms with Crippen LogP contribution in [0.15, 0.2) is 24.3 Å². The van der Waals surface area contributed by atoms with Crippen molar-refractivity contribution in [2.24, 2.45) is 0 Å². The van der Waals surface area contributed by atoms with Crippen LogP contribution in [0.1, 0.15) is 33.3 Å². The van der Waals surface area contributed by atoms with Gasteiger partial charge in [0.05, 0.1) is 12.1 Å². The number of carbonyl (C=O) groups is 1. The Labute approximate surface area is 118 Å². The Morgan fingerprint density at radius 2 is 1.89 bits per heavy atom. The molecule has 5 heteroatoms. The molecule has 0 heterocycles. The van der Waals surface area contributed by atoms with Crippen molar-refractivity contribution in [3.63, 3.8) is 0 Å². The number of nitrogens with one attached hydrogen (secondary N) is 1.